The summed E-state index contributed by atoms with van der Waals surface area (Å²) in [7, 11) is 1.53. The van der Waals surface area contributed by atoms with Crippen LogP contribution in [0.5, 0.6) is 5.75 Å². The highest BCUT2D eigenvalue weighted by Crippen LogP contribution is 2.31. The van der Waals surface area contributed by atoms with Crippen molar-refractivity contribution in [3.63, 3.8) is 0 Å². The van der Waals surface area contributed by atoms with Gasteiger partial charge >= 0.3 is 0 Å². The Labute approximate surface area is 100 Å². The number of hydrogen-bond donors (Lipinski definition) is 0. The summed E-state index contributed by atoms with van der Waals surface area (Å²) in [6.45, 7) is 0. The number of halogens is 2. The molecule has 0 aliphatic heterocycles. The molecule has 0 aliphatic carbocycles. The fourth-order valence-electron chi connectivity index (χ4n) is 1.38. The average Bonchev–Trinajstić information content (AvgIpc) is 2.33. The van der Waals surface area contributed by atoms with Crippen molar-refractivity contribution in [1.29, 1.82) is 0 Å². The third kappa shape index (κ3) is 1.90. The molecule has 1 aromatic carbocycles. The van der Waals surface area contributed by atoms with Gasteiger partial charge in [-0.2, -0.15) is 0 Å². The molecule has 0 saturated carbocycles. The van der Waals surface area contributed by atoms with Gasteiger partial charge < -0.3 is 4.74 Å². The van der Waals surface area contributed by atoms with Crippen LogP contribution >= 0.6 is 15.9 Å². The van der Waals surface area contributed by atoms with Gasteiger partial charge in [-0.3, -0.25) is 0 Å². The van der Waals surface area contributed by atoms with Crippen molar-refractivity contribution in [2.45, 2.75) is 0 Å². The van der Waals surface area contributed by atoms with E-state index in [4.69, 9.17) is 4.74 Å². The smallest absolute Gasteiger partial charge is 0.182 e. The second-order valence-electron chi connectivity index (χ2n) is 3.03. The molecule has 0 unspecified atom stereocenters. The van der Waals surface area contributed by atoms with Crippen molar-refractivity contribution in [3.8, 4) is 17.0 Å². The number of rotatable bonds is 2. The van der Waals surface area contributed by atoms with E-state index in [0.717, 1.165) is 0 Å². The zero-order valence-corrected chi connectivity index (χ0v) is 10.0. The van der Waals surface area contributed by atoms with Gasteiger partial charge in [-0.25, -0.2) is 14.4 Å². The van der Waals surface area contributed by atoms with Crippen LogP contribution in [-0.2, 0) is 0 Å². The van der Waals surface area contributed by atoms with Crippen molar-refractivity contribution < 1.29 is 9.13 Å². The van der Waals surface area contributed by atoms with Gasteiger partial charge in [-0.15, -0.1) is 0 Å². The van der Waals surface area contributed by atoms with Crippen LogP contribution in [0.1, 0.15) is 0 Å². The van der Waals surface area contributed by atoms with Gasteiger partial charge in [0.15, 0.2) is 5.82 Å². The number of benzene rings is 1. The van der Waals surface area contributed by atoms with E-state index in [1.807, 2.05) is 6.07 Å². The lowest BCUT2D eigenvalue weighted by atomic mass is 10.1. The summed E-state index contributed by atoms with van der Waals surface area (Å²) < 4.78 is 19.1. The molecule has 0 saturated heterocycles. The first-order valence-corrected chi connectivity index (χ1v) is 5.32. The van der Waals surface area contributed by atoms with E-state index in [1.165, 1.54) is 13.4 Å². The summed E-state index contributed by atoms with van der Waals surface area (Å²) in [6, 6.07) is 7.12. The second-order valence-corrected chi connectivity index (χ2v) is 3.78. The highest BCUT2D eigenvalue weighted by atomic mass is 79.9. The minimum absolute atomic E-state index is 0.142. The van der Waals surface area contributed by atoms with Crippen molar-refractivity contribution in [2.24, 2.45) is 0 Å². The van der Waals surface area contributed by atoms with Gasteiger partial charge in [0.1, 0.15) is 22.4 Å². The van der Waals surface area contributed by atoms with Crippen LogP contribution in [0.25, 0.3) is 11.3 Å². The third-order valence-corrected chi connectivity index (χ3v) is 2.66. The number of methoxy groups -OCH3 is 1. The number of hydrogen-bond acceptors (Lipinski definition) is 3. The molecule has 1 aromatic heterocycles. The van der Waals surface area contributed by atoms with E-state index in [-0.39, 0.29) is 10.3 Å². The standard InChI is InChI=1S/C11H8BrFN2O/c1-16-8-5-3-2-4-7(8)10-9(13)11(12)15-6-14-10/h2-6H,1H3. The molecule has 0 amide bonds. The SMILES string of the molecule is COc1ccccc1-c1ncnc(Br)c1F. The minimum Gasteiger partial charge on any atom is -0.496 e. The number of ether oxygens (including phenoxy) is 1. The highest BCUT2D eigenvalue weighted by Gasteiger charge is 2.14. The minimum atomic E-state index is -0.494. The molecule has 0 N–H and O–H groups in total. The molecule has 0 aliphatic rings. The quantitative estimate of drug-likeness (QED) is 0.794. The lowest BCUT2D eigenvalue weighted by molar-refractivity contribution is 0.416. The van der Waals surface area contributed by atoms with E-state index < -0.39 is 5.82 Å². The molecule has 1 heterocycles. The maximum atomic E-state index is 13.8. The molecule has 0 fully saturated rings. The third-order valence-electron chi connectivity index (χ3n) is 2.11. The van der Waals surface area contributed by atoms with Gasteiger partial charge in [0.25, 0.3) is 0 Å². The van der Waals surface area contributed by atoms with E-state index in [9.17, 15) is 4.39 Å². The van der Waals surface area contributed by atoms with Crippen molar-refractivity contribution in [1.82, 2.24) is 9.97 Å². The molecular weight excluding hydrogens is 275 g/mol. The number of aromatic nitrogens is 2. The molecule has 82 valence electrons. The predicted molar refractivity (Wildman–Crippen MR) is 61.7 cm³/mol. The molecule has 16 heavy (non-hydrogen) atoms. The fourth-order valence-corrected chi connectivity index (χ4v) is 1.66. The Hall–Kier alpha value is -1.49. The van der Waals surface area contributed by atoms with Crippen molar-refractivity contribution >= 4 is 15.9 Å². The molecule has 0 radical (unpaired) electrons. The Morgan fingerprint density at radius 1 is 1.25 bits per heavy atom. The number of nitrogens with zero attached hydrogens (tertiary/aromatic N) is 2. The van der Waals surface area contributed by atoms with Crippen LogP contribution in [0.3, 0.4) is 0 Å². The summed E-state index contributed by atoms with van der Waals surface area (Å²) in [5.41, 5.74) is 0.824. The largest absolute Gasteiger partial charge is 0.496 e. The fraction of sp³-hybridized carbons (Fsp3) is 0.0909. The second kappa shape index (κ2) is 4.57. The zero-order chi connectivity index (χ0) is 11.5. The lowest BCUT2D eigenvalue weighted by Gasteiger charge is -2.08. The summed E-state index contributed by atoms with van der Waals surface area (Å²) in [5, 5.41) is 0. The van der Waals surface area contributed by atoms with Crippen LogP contribution in [0.2, 0.25) is 0 Å². The normalized spacial score (nSPS) is 10.2. The average molecular weight is 283 g/mol. The Kier molecular flexibility index (Phi) is 3.14. The van der Waals surface area contributed by atoms with E-state index in [0.29, 0.717) is 11.3 Å². The molecule has 2 rings (SSSR count). The predicted octanol–water partition coefficient (Wildman–Crippen LogP) is 3.05. The van der Waals surface area contributed by atoms with Gasteiger partial charge in [0.05, 0.1) is 7.11 Å². The van der Waals surface area contributed by atoms with Gasteiger partial charge in [0.2, 0.25) is 0 Å². The van der Waals surface area contributed by atoms with Gasteiger partial charge in [-0.05, 0) is 28.1 Å². The van der Waals surface area contributed by atoms with Crippen LogP contribution < -0.4 is 4.74 Å². The monoisotopic (exact) mass is 282 g/mol. The van der Waals surface area contributed by atoms with E-state index in [2.05, 4.69) is 25.9 Å². The van der Waals surface area contributed by atoms with Crippen molar-refractivity contribution in [2.75, 3.05) is 7.11 Å². The maximum Gasteiger partial charge on any atom is 0.182 e. The maximum absolute atomic E-state index is 13.8. The topological polar surface area (TPSA) is 35.0 Å². The molecule has 0 bridgehead atoms. The first-order valence-electron chi connectivity index (χ1n) is 4.53. The van der Waals surface area contributed by atoms with Crippen LogP contribution in [-0.4, -0.2) is 17.1 Å². The first-order chi connectivity index (χ1) is 7.74. The zero-order valence-electron chi connectivity index (χ0n) is 8.45. The Bertz CT molecular complexity index is 519. The number of para-hydroxylation sites is 1. The highest BCUT2D eigenvalue weighted by molar-refractivity contribution is 9.10. The lowest BCUT2D eigenvalue weighted by Crippen LogP contribution is -1.95. The van der Waals surface area contributed by atoms with Crippen LogP contribution in [0.15, 0.2) is 35.2 Å². The molecule has 0 spiro atoms. The Morgan fingerprint density at radius 2 is 2.00 bits per heavy atom. The molecule has 3 nitrogen and oxygen atoms in total. The first kappa shape index (κ1) is 11.0. The summed E-state index contributed by atoms with van der Waals surface area (Å²) >= 11 is 3.02. The molecule has 2 aromatic rings. The Balaban J connectivity index is 2.63. The van der Waals surface area contributed by atoms with Gasteiger partial charge in [-0.1, -0.05) is 12.1 Å². The van der Waals surface area contributed by atoms with E-state index in [1.54, 1.807) is 18.2 Å². The Morgan fingerprint density at radius 3 is 2.75 bits per heavy atom. The van der Waals surface area contributed by atoms with Gasteiger partial charge in [0, 0.05) is 5.56 Å². The molecular formula is C11H8BrFN2O. The summed E-state index contributed by atoms with van der Waals surface area (Å²) in [5.74, 6) is 0.0824. The van der Waals surface area contributed by atoms with Crippen molar-refractivity contribution in [3.05, 3.63) is 41.0 Å². The summed E-state index contributed by atoms with van der Waals surface area (Å²) in [6.07, 6.45) is 1.30. The summed E-state index contributed by atoms with van der Waals surface area (Å²) in [4.78, 5) is 7.63. The van der Waals surface area contributed by atoms with Crippen LogP contribution in [0, 0.1) is 5.82 Å². The van der Waals surface area contributed by atoms with Crippen LogP contribution in [0.4, 0.5) is 4.39 Å². The molecule has 0 atom stereocenters. The molecule has 5 heteroatoms. The van der Waals surface area contributed by atoms with E-state index >= 15 is 0 Å².